The fraction of sp³-hybridized carbons (Fsp3) is 0.278. The van der Waals surface area contributed by atoms with E-state index in [9.17, 15) is 0 Å². The van der Waals surface area contributed by atoms with Gasteiger partial charge in [0.05, 0.1) is 17.2 Å². The van der Waals surface area contributed by atoms with Gasteiger partial charge in [0.1, 0.15) is 11.6 Å². The van der Waals surface area contributed by atoms with Gasteiger partial charge in [-0.05, 0) is 31.2 Å². The molecule has 0 spiro atoms. The molecule has 1 aromatic carbocycles. The van der Waals surface area contributed by atoms with Crippen LogP contribution in [-0.4, -0.2) is 49.4 Å². The summed E-state index contributed by atoms with van der Waals surface area (Å²) in [6.45, 7) is 4.71. The van der Waals surface area contributed by atoms with Crippen LogP contribution in [0.3, 0.4) is 0 Å². The predicted molar refractivity (Wildman–Crippen MR) is 99.2 cm³/mol. The van der Waals surface area contributed by atoms with Crippen molar-refractivity contribution >= 4 is 28.3 Å². The molecule has 0 bridgehead atoms. The molecule has 130 valence electrons. The second-order valence-corrected chi connectivity index (χ2v) is 6.60. The Balaban J connectivity index is 1.21. The monoisotopic (exact) mass is 346 g/mol. The summed E-state index contributed by atoms with van der Waals surface area (Å²) in [4.78, 5) is 11.3. The van der Waals surface area contributed by atoms with Crippen LogP contribution in [0, 0.1) is 12.8 Å². The van der Waals surface area contributed by atoms with Crippen LogP contribution in [0.5, 0.6) is 0 Å². The first kappa shape index (κ1) is 15.0. The van der Waals surface area contributed by atoms with Crippen molar-refractivity contribution in [2.45, 2.75) is 6.92 Å². The van der Waals surface area contributed by atoms with Gasteiger partial charge in [0.15, 0.2) is 11.5 Å². The van der Waals surface area contributed by atoms with Crippen molar-refractivity contribution < 1.29 is 0 Å². The number of anilines is 2. The standard InChI is InChI=1S/C18H18N8/c1-12-22-23-17-6-7-18(24-26(12)17)25-10-13(11-25)8-20-16-9-19-14-4-2-3-5-15(14)21-16/h2-7,9,13H,8,10-11H2,1H3,(H,20,21). The van der Waals surface area contributed by atoms with E-state index in [0.29, 0.717) is 5.92 Å². The molecular formula is C18H18N8. The second kappa shape index (κ2) is 5.91. The minimum absolute atomic E-state index is 0.558. The van der Waals surface area contributed by atoms with Crippen LogP contribution in [0.2, 0.25) is 0 Å². The molecule has 1 fully saturated rings. The molecule has 1 aliphatic rings. The van der Waals surface area contributed by atoms with Gasteiger partial charge in [-0.25, -0.2) is 4.98 Å². The molecule has 26 heavy (non-hydrogen) atoms. The van der Waals surface area contributed by atoms with Crippen LogP contribution in [0.25, 0.3) is 16.7 Å². The van der Waals surface area contributed by atoms with Crippen molar-refractivity contribution in [1.29, 1.82) is 0 Å². The number of nitrogens with one attached hydrogen (secondary N) is 1. The molecule has 1 N–H and O–H groups in total. The lowest BCUT2D eigenvalue weighted by Crippen LogP contribution is -2.50. The molecule has 3 aromatic heterocycles. The number of benzene rings is 1. The van der Waals surface area contributed by atoms with Gasteiger partial charge < -0.3 is 10.2 Å². The van der Waals surface area contributed by atoms with Crippen molar-refractivity contribution in [2.24, 2.45) is 5.92 Å². The highest BCUT2D eigenvalue weighted by Crippen LogP contribution is 2.23. The number of hydrogen-bond acceptors (Lipinski definition) is 7. The molecule has 0 saturated carbocycles. The fourth-order valence-electron chi connectivity index (χ4n) is 3.23. The maximum atomic E-state index is 4.62. The van der Waals surface area contributed by atoms with Gasteiger partial charge in [0.25, 0.3) is 0 Å². The first-order valence-electron chi connectivity index (χ1n) is 8.66. The lowest BCUT2D eigenvalue weighted by molar-refractivity contribution is 0.424. The Hall–Kier alpha value is -3.29. The normalized spacial score (nSPS) is 14.7. The molecule has 0 aliphatic carbocycles. The van der Waals surface area contributed by atoms with Crippen LogP contribution in [0.4, 0.5) is 11.6 Å². The summed E-state index contributed by atoms with van der Waals surface area (Å²) >= 11 is 0. The lowest BCUT2D eigenvalue weighted by atomic mass is 10.0. The number of fused-ring (bicyclic) bond motifs is 2. The summed E-state index contributed by atoms with van der Waals surface area (Å²) in [7, 11) is 0. The number of aromatic nitrogens is 6. The van der Waals surface area contributed by atoms with E-state index in [0.717, 1.165) is 53.8 Å². The number of nitrogens with zero attached hydrogens (tertiary/aromatic N) is 7. The van der Waals surface area contributed by atoms with Crippen molar-refractivity contribution in [2.75, 3.05) is 29.9 Å². The van der Waals surface area contributed by atoms with E-state index in [1.165, 1.54) is 0 Å². The summed E-state index contributed by atoms with van der Waals surface area (Å²) in [5, 5.41) is 16.1. The highest BCUT2D eigenvalue weighted by Gasteiger charge is 2.28. The summed E-state index contributed by atoms with van der Waals surface area (Å²) in [5.74, 6) is 3.14. The first-order valence-corrected chi connectivity index (χ1v) is 8.66. The Labute approximate surface area is 149 Å². The molecule has 0 atom stereocenters. The van der Waals surface area contributed by atoms with Crippen molar-refractivity contribution in [3.63, 3.8) is 0 Å². The minimum atomic E-state index is 0.558. The lowest BCUT2D eigenvalue weighted by Gasteiger charge is -2.40. The first-order chi connectivity index (χ1) is 12.8. The highest BCUT2D eigenvalue weighted by molar-refractivity contribution is 5.75. The molecule has 8 nitrogen and oxygen atoms in total. The van der Waals surface area contributed by atoms with Crippen LogP contribution >= 0.6 is 0 Å². The Morgan fingerprint density at radius 2 is 1.92 bits per heavy atom. The molecule has 0 amide bonds. The van der Waals surface area contributed by atoms with Gasteiger partial charge in [-0.1, -0.05) is 12.1 Å². The highest BCUT2D eigenvalue weighted by atomic mass is 15.4. The zero-order chi connectivity index (χ0) is 17.5. The molecule has 1 saturated heterocycles. The Morgan fingerprint density at radius 3 is 2.81 bits per heavy atom. The molecule has 8 heteroatoms. The number of para-hydroxylation sites is 2. The minimum Gasteiger partial charge on any atom is -0.368 e. The van der Waals surface area contributed by atoms with Crippen LogP contribution in [0.15, 0.2) is 42.6 Å². The van der Waals surface area contributed by atoms with Crippen molar-refractivity contribution in [1.82, 2.24) is 29.8 Å². The van der Waals surface area contributed by atoms with Gasteiger partial charge >= 0.3 is 0 Å². The van der Waals surface area contributed by atoms with Gasteiger partial charge in [0, 0.05) is 25.6 Å². The molecule has 5 rings (SSSR count). The molecule has 0 unspecified atom stereocenters. The average Bonchev–Trinajstić information content (AvgIpc) is 3.01. The fourth-order valence-corrected chi connectivity index (χ4v) is 3.23. The third-order valence-electron chi connectivity index (χ3n) is 4.71. The summed E-state index contributed by atoms with van der Waals surface area (Å²) < 4.78 is 1.78. The van der Waals surface area contributed by atoms with Crippen LogP contribution < -0.4 is 10.2 Å². The Morgan fingerprint density at radius 1 is 1.08 bits per heavy atom. The maximum absolute atomic E-state index is 4.62. The predicted octanol–water partition coefficient (Wildman–Crippen LogP) is 1.92. The summed E-state index contributed by atoms with van der Waals surface area (Å²) in [5.41, 5.74) is 2.60. The number of hydrogen-bond donors (Lipinski definition) is 1. The van der Waals surface area contributed by atoms with E-state index in [-0.39, 0.29) is 0 Å². The largest absolute Gasteiger partial charge is 0.368 e. The smallest absolute Gasteiger partial charge is 0.178 e. The zero-order valence-corrected chi connectivity index (χ0v) is 14.4. The number of rotatable bonds is 4. The number of aryl methyl sites for hydroxylation is 1. The van der Waals surface area contributed by atoms with E-state index >= 15 is 0 Å². The van der Waals surface area contributed by atoms with E-state index in [1.54, 1.807) is 10.7 Å². The van der Waals surface area contributed by atoms with Crippen LogP contribution in [0.1, 0.15) is 5.82 Å². The van der Waals surface area contributed by atoms with Gasteiger partial charge in [-0.15, -0.1) is 15.3 Å². The van der Waals surface area contributed by atoms with Crippen molar-refractivity contribution in [3.05, 3.63) is 48.4 Å². The quantitative estimate of drug-likeness (QED) is 0.604. The van der Waals surface area contributed by atoms with Crippen LogP contribution in [-0.2, 0) is 0 Å². The third kappa shape index (κ3) is 2.59. The second-order valence-electron chi connectivity index (χ2n) is 6.60. The van der Waals surface area contributed by atoms with E-state index in [4.69, 9.17) is 0 Å². The molecule has 0 radical (unpaired) electrons. The Kier molecular flexibility index (Phi) is 3.41. The van der Waals surface area contributed by atoms with Gasteiger partial charge in [-0.2, -0.15) is 4.52 Å². The third-order valence-corrected chi connectivity index (χ3v) is 4.71. The maximum Gasteiger partial charge on any atom is 0.178 e. The van der Waals surface area contributed by atoms with Gasteiger partial charge in [-0.3, -0.25) is 4.98 Å². The van der Waals surface area contributed by atoms with E-state index in [1.807, 2.05) is 43.3 Å². The molecule has 4 aromatic rings. The van der Waals surface area contributed by atoms with E-state index in [2.05, 4.69) is 35.5 Å². The van der Waals surface area contributed by atoms with Gasteiger partial charge in [0.2, 0.25) is 0 Å². The average molecular weight is 346 g/mol. The molecular weight excluding hydrogens is 328 g/mol. The zero-order valence-electron chi connectivity index (χ0n) is 14.4. The molecule has 4 heterocycles. The Bertz CT molecular complexity index is 1080. The topological polar surface area (TPSA) is 84.1 Å². The summed E-state index contributed by atoms with van der Waals surface area (Å²) in [6, 6.07) is 11.9. The van der Waals surface area contributed by atoms with E-state index < -0.39 is 0 Å². The summed E-state index contributed by atoms with van der Waals surface area (Å²) in [6.07, 6.45) is 1.79. The van der Waals surface area contributed by atoms with Crippen molar-refractivity contribution in [3.8, 4) is 0 Å². The molecule has 1 aliphatic heterocycles. The SMILES string of the molecule is Cc1nnc2ccc(N3CC(CNc4cnc5ccccc5n4)C3)nn12.